The summed E-state index contributed by atoms with van der Waals surface area (Å²) in [5, 5.41) is 0.877. The predicted molar refractivity (Wildman–Crippen MR) is 93.1 cm³/mol. The van der Waals surface area contributed by atoms with Gasteiger partial charge in [0.15, 0.2) is 5.78 Å². The average Bonchev–Trinajstić information content (AvgIpc) is 2.51. The first-order valence-electron chi connectivity index (χ1n) is 8.43. The zero-order valence-corrected chi connectivity index (χ0v) is 14.2. The molecule has 4 rings (SSSR count). The van der Waals surface area contributed by atoms with Crippen LogP contribution in [0.4, 0.5) is 0 Å². The number of allylic oxidation sites excluding steroid dienone is 2. The number of nitrogens with one attached hydrogen (secondary N) is 1. The zero-order valence-electron chi connectivity index (χ0n) is 14.2. The third kappa shape index (κ3) is 2.69. The second kappa shape index (κ2) is 5.41. The first kappa shape index (κ1) is 15.8. The Morgan fingerprint density at radius 2 is 1.88 bits per heavy atom. The number of hydrogen-bond acceptors (Lipinski definition) is 4. The summed E-state index contributed by atoms with van der Waals surface area (Å²) in [6.07, 6.45) is 0.944. The molecular formula is C20H19NO4. The molecule has 1 aliphatic heterocycles. The highest BCUT2D eigenvalue weighted by atomic mass is 16.5. The molecule has 0 saturated carbocycles. The van der Waals surface area contributed by atoms with Crippen LogP contribution in [0.2, 0.25) is 0 Å². The number of rotatable bonds is 1. The number of Topliss-reactive ketones (excluding diaryl/α,β-unsaturated/α-hetero) is 1. The van der Waals surface area contributed by atoms with Gasteiger partial charge < -0.3 is 9.72 Å². The van der Waals surface area contributed by atoms with E-state index in [1.54, 1.807) is 6.07 Å². The minimum atomic E-state index is -0.534. The molecule has 0 spiro atoms. The minimum absolute atomic E-state index is 0.0203. The third-order valence-electron chi connectivity index (χ3n) is 4.99. The number of aromatic amines is 1. The van der Waals surface area contributed by atoms with E-state index in [0.717, 1.165) is 10.9 Å². The molecule has 25 heavy (non-hydrogen) atoms. The van der Waals surface area contributed by atoms with Gasteiger partial charge in [0.1, 0.15) is 5.76 Å². The molecular weight excluding hydrogens is 318 g/mol. The van der Waals surface area contributed by atoms with Gasteiger partial charge in [0.2, 0.25) is 0 Å². The number of para-hydroxylation sites is 1. The van der Waals surface area contributed by atoms with Crippen LogP contribution in [0, 0.1) is 5.41 Å². The highest BCUT2D eigenvalue weighted by Crippen LogP contribution is 2.45. The van der Waals surface area contributed by atoms with Crippen molar-refractivity contribution in [3.8, 4) is 0 Å². The Morgan fingerprint density at radius 1 is 1.12 bits per heavy atom. The van der Waals surface area contributed by atoms with Gasteiger partial charge in [0, 0.05) is 35.4 Å². The Morgan fingerprint density at radius 3 is 2.68 bits per heavy atom. The fraction of sp³-hybridized carbons (Fsp3) is 0.350. The third-order valence-corrected chi connectivity index (χ3v) is 4.99. The highest BCUT2D eigenvalue weighted by Gasteiger charge is 2.42. The second-order valence-corrected chi connectivity index (χ2v) is 7.65. The summed E-state index contributed by atoms with van der Waals surface area (Å²) >= 11 is 0. The lowest BCUT2D eigenvalue weighted by Gasteiger charge is -2.36. The van der Waals surface area contributed by atoms with Gasteiger partial charge >= 0.3 is 5.97 Å². The number of aromatic nitrogens is 1. The van der Waals surface area contributed by atoms with Crippen molar-refractivity contribution in [2.24, 2.45) is 5.41 Å². The quantitative estimate of drug-likeness (QED) is 0.811. The van der Waals surface area contributed by atoms with E-state index in [9.17, 15) is 14.4 Å². The van der Waals surface area contributed by atoms with Crippen LogP contribution in [0.3, 0.4) is 0 Å². The lowest BCUT2D eigenvalue weighted by atomic mass is 9.71. The number of esters is 1. The molecule has 1 unspecified atom stereocenters. The molecule has 0 amide bonds. The Bertz CT molecular complexity index is 996. The number of ketones is 1. The molecule has 2 aromatic rings. The molecule has 1 N–H and O–H groups in total. The molecule has 1 aromatic heterocycles. The van der Waals surface area contributed by atoms with Crippen molar-refractivity contribution in [2.75, 3.05) is 0 Å². The minimum Gasteiger partial charge on any atom is -0.431 e. The number of ether oxygens (including phenoxy) is 1. The largest absolute Gasteiger partial charge is 0.431 e. The van der Waals surface area contributed by atoms with Crippen molar-refractivity contribution < 1.29 is 14.3 Å². The van der Waals surface area contributed by atoms with Gasteiger partial charge in [-0.3, -0.25) is 14.4 Å². The average molecular weight is 337 g/mol. The van der Waals surface area contributed by atoms with E-state index in [2.05, 4.69) is 4.98 Å². The number of carbonyl (C=O) groups is 2. The molecule has 128 valence electrons. The monoisotopic (exact) mass is 337 g/mol. The van der Waals surface area contributed by atoms with E-state index in [-0.39, 0.29) is 29.1 Å². The van der Waals surface area contributed by atoms with Gasteiger partial charge in [0.25, 0.3) is 5.56 Å². The molecule has 0 fully saturated rings. The van der Waals surface area contributed by atoms with Crippen LogP contribution in [0.5, 0.6) is 0 Å². The lowest BCUT2D eigenvalue weighted by molar-refractivity contribution is -0.142. The fourth-order valence-corrected chi connectivity index (χ4v) is 3.89. The summed E-state index contributed by atoms with van der Waals surface area (Å²) in [4.78, 5) is 40.3. The van der Waals surface area contributed by atoms with Crippen LogP contribution in [-0.2, 0) is 14.3 Å². The van der Waals surface area contributed by atoms with E-state index in [0.29, 0.717) is 29.7 Å². The smallest absolute Gasteiger partial charge is 0.311 e. The maximum absolute atomic E-state index is 12.7. The standard InChI is InChI=1S/C20H19NO4/c1-20(2)9-15(22)18-12(8-17(23)25-16(18)10-20)13-7-11-5-3-4-6-14(11)21-19(13)24/h3-7,12H,8-10H2,1-2H3,(H,21,24). The summed E-state index contributed by atoms with van der Waals surface area (Å²) in [6.45, 7) is 3.96. The van der Waals surface area contributed by atoms with Crippen LogP contribution in [-0.4, -0.2) is 16.7 Å². The van der Waals surface area contributed by atoms with E-state index < -0.39 is 5.92 Å². The molecule has 0 bridgehead atoms. The molecule has 1 atom stereocenters. The maximum atomic E-state index is 12.7. The molecule has 2 heterocycles. The normalized spacial score (nSPS) is 22.7. The van der Waals surface area contributed by atoms with Crippen LogP contribution in [0.15, 0.2) is 46.5 Å². The van der Waals surface area contributed by atoms with Crippen molar-refractivity contribution in [3.63, 3.8) is 0 Å². The van der Waals surface area contributed by atoms with Gasteiger partial charge in [-0.2, -0.15) is 0 Å². The maximum Gasteiger partial charge on any atom is 0.311 e. The molecule has 0 radical (unpaired) electrons. The number of hydrogen-bond donors (Lipinski definition) is 1. The molecule has 1 aromatic carbocycles. The molecule has 2 aliphatic rings. The van der Waals surface area contributed by atoms with Gasteiger partial charge in [-0.15, -0.1) is 0 Å². The van der Waals surface area contributed by atoms with E-state index in [1.165, 1.54) is 0 Å². The SMILES string of the molecule is CC1(C)CC(=O)C2=C(C1)OC(=O)CC2c1cc2ccccc2[nH]c1=O. The van der Waals surface area contributed by atoms with E-state index in [4.69, 9.17) is 4.74 Å². The molecule has 0 saturated heterocycles. The first-order valence-corrected chi connectivity index (χ1v) is 8.43. The van der Waals surface area contributed by atoms with E-state index in [1.807, 2.05) is 38.1 Å². The van der Waals surface area contributed by atoms with Gasteiger partial charge in [-0.1, -0.05) is 32.0 Å². The van der Waals surface area contributed by atoms with Crippen LogP contribution in [0.25, 0.3) is 10.9 Å². The lowest BCUT2D eigenvalue weighted by Crippen LogP contribution is -2.35. The summed E-state index contributed by atoms with van der Waals surface area (Å²) in [5.41, 5.74) is 1.19. The molecule has 1 aliphatic carbocycles. The number of benzene rings is 1. The van der Waals surface area contributed by atoms with Crippen LogP contribution >= 0.6 is 0 Å². The summed E-state index contributed by atoms with van der Waals surface area (Å²) in [6, 6.07) is 9.25. The van der Waals surface area contributed by atoms with Crippen molar-refractivity contribution >= 4 is 22.7 Å². The topological polar surface area (TPSA) is 76.2 Å². The summed E-state index contributed by atoms with van der Waals surface area (Å²) in [7, 11) is 0. The predicted octanol–water partition coefficient (Wildman–Crippen LogP) is 3.20. The zero-order chi connectivity index (χ0) is 17.8. The van der Waals surface area contributed by atoms with E-state index >= 15 is 0 Å². The van der Waals surface area contributed by atoms with Crippen molar-refractivity contribution in [1.29, 1.82) is 0 Å². The Kier molecular flexibility index (Phi) is 3.42. The number of H-pyrrole nitrogens is 1. The van der Waals surface area contributed by atoms with Gasteiger partial charge in [-0.05, 0) is 22.9 Å². The fourth-order valence-electron chi connectivity index (χ4n) is 3.89. The molecule has 5 nitrogen and oxygen atoms in total. The van der Waals surface area contributed by atoms with Crippen LogP contribution < -0.4 is 5.56 Å². The van der Waals surface area contributed by atoms with Gasteiger partial charge in [-0.25, -0.2) is 0 Å². The first-order chi connectivity index (χ1) is 11.8. The van der Waals surface area contributed by atoms with Crippen molar-refractivity contribution in [3.05, 3.63) is 57.6 Å². The summed E-state index contributed by atoms with van der Waals surface area (Å²) in [5.74, 6) is -0.513. The summed E-state index contributed by atoms with van der Waals surface area (Å²) < 4.78 is 5.38. The number of pyridine rings is 1. The van der Waals surface area contributed by atoms with Crippen molar-refractivity contribution in [2.45, 2.75) is 39.0 Å². The van der Waals surface area contributed by atoms with Crippen molar-refractivity contribution in [1.82, 2.24) is 4.98 Å². The number of fused-ring (bicyclic) bond motifs is 1. The van der Waals surface area contributed by atoms with Gasteiger partial charge in [0.05, 0.1) is 6.42 Å². The molecule has 5 heteroatoms. The second-order valence-electron chi connectivity index (χ2n) is 7.65. The Balaban J connectivity index is 1.90. The Hall–Kier alpha value is -2.69. The van der Waals surface area contributed by atoms with Crippen LogP contribution in [0.1, 0.15) is 44.6 Å². The highest BCUT2D eigenvalue weighted by molar-refractivity contribution is 6.00. The number of carbonyl (C=O) groups excluding carboxylic acids is 2. The Labute approximate surface area is 144 Å².